The fraction of sp³-hybridized carbons (Fsp3) is 0.160. The van der Waals surface area contributed by atoms with Crippen molar-refractivity contribution in [3.05, 3.63) is 78.4 Å². The Morgan fingerprint density at radius 1 is 0.730 bits per heavy atom. The second-order valence-electron chi connectivity index (χ2n) is 7.37. The van der Waals surface area contributed by atoms with Crippen LogP contribution in [-0.4, -0.2) is 50.2 Å². The van der Waals surface area contributed by atoms with Gasteiger partial charge in [-0.1, -0.05) is 13.2 Å². The predicted molar refractivity (Wildman–Crippen MR) is 137 cm³/mol. The van der Waals surface area contributed by atoms with Gasteiger partial charge in [0.2, 0.25) is 0 Å². The van der Waals surface area contributed by atoms with E-state index >= 15 is 0 Å². The number of nitrogens with zero attached hydrogens (tertiary/aromatic N) is 1. The molecule has 0 bridgehead atoms. The number of ether oxygens (including phenoxy) is 4. The molecule has 0 fully saturated rings. The first-order chi connectivity index (χ1) is 17.8. The fourth-order valence-electron chi connectivity index (χ4n) is 3.26. The van der Waals surface area contributed by atoms with Crippen molar-refractivity contribution < 1.29 is 28.5 Å². The van der Waals surface area contributed by atoms with Crippen molar-refractivity contribution >= 4 is 23.2 Å². The Bertz CT molecular complexity index is 1220. The molecule has 37 heavy (non-hydrogen) atoms. The minimum absolute atomic E-state index is 0.0751. The third-order valence-corrected chi connectivity index (χ3v) is 5.20. The van der Waals surface area contributed by atoms with Crippen molar-refractivity contribution in [2.24, 2.45) is 0 Å². The molecule has 0 radical (unpaired) electrons. The van der Waals surface area contributed by atoms with Crippen LogP contribution in [0.4, 0.5) is 0 Å². The van der Waals surface area contributed by atoms with Gasteiger partial charge in [0.1, 0.15) is 28.7 Å². The van der Waals surface area contributed by atoms with Crippen molar-refractivity contribution in [2.45, 2.75) is 0 Å². The summed E-state index contributed by atoms with van der Waals surface area (Å²) in [4.78, 5) is 32.1. The summed E-state index contributed by atoms with van der Waals surface area (Å²) < 4.78 is 21.1. The van der Waals surface area contributed by atoms with Crippen molar-refractivity contribution in [3.8, 4) is 23.0 Å². The van der Waals surface area contributed by atoms with E-state index in [1.165, 1.54) is 20.5 Å². The zero-order valence-corrected chi connectivity index (χ0v) is 20.9. The van der Waals surface area contributed by atoms with Crippen molar-refractivity contribution in [1.82, 2.24) is 31.7 Å². The lowest BCUT2D eigenvalue weighted by Crippen LogP contribution is -2.40. The molecule has 0 atom stereocenters. The molecule has 0 unspecified atom stereocenters. The third-order valence-electron chi connectivity index (χ3n) is 5.20. The molecular weight excluding hydrogens is 480 g/mol. The molecule has 0 spiro atoms. The minimum atomic E-state index is -0.671. The standard InChI is InChI=1S/C25H28N6O6/c1-14(18-9-7-16(34-3)11-20(18)36-5)28-30-24(32)22-23(27-13-26-22)25(33)31-29-15(2)19-10-8-17(35-4)12-21(19)37-6/h7-13,28-29H,1-2H2,3-6H3,(H,26,27)(H,30,32)(H,31,33). The molecule has 0 aliphatic carbocycles. The molecule has 3 aromatic rings. The Balaban J connectivity index is 1.63. The lowest BCUT2D eigenvalue weighted by atomic mass is 10.1. The average molecular weight is 509 g/mol. The van der Waals surface area contributed by atoms with E-state index in [9.17, 15) is 9.59 Å². The summed E-state index contributed by atoms with van der Waals surface area (Å²) in [6.07, 6.45) is 1.23. The first-order valence-electron chi connectivity index (χ1n) is 10.8. The fourth-order valence-corrected chi connectivity index (χ4v) is 3.26. The van der Waals surface area contributed by atoms with Crippen molar-refractivity contribution in [1.29, 1.82) is 0 Å². The van der Waals surface area contributed by atoms with E-state index in [-0.39, 0.29) is 11.4 Å². The molecule has 2 amide bonds. The number of aromatic nitrogens is 2. The SMILES string of the molecule is C=C(NNC(=O)c1nc[nH]c1C(=O)NNC(=C)c1ccc(OC)cc1OC)c1ccc(OC)cc1OC. The number of aromatic amines is 1. The molecule has 0 saturated heterocycles. The topological polar surface area (TPSA) is 148 Å². The van der Waals surface area contributed by atoms with Crippen LogP contribution in [0.15, 0.2) is 55.9 Å². The number of amides is 2. The smallest absolute Gasteiger partial charge is 0.290 e. The summed E-state index contributed by atoms with van der Waals surface area (Å²) in [5.74, 6) is 0.874. The van der Waals surface area contributed by atoms with Crippen LogP contribution in [0.1, 0.15) is 32.1 Å². The van der Waals surface area contributed by atoms with Gasteiger partial charge in [0.25, 0.3) is 11.8 Å². The molecule has 2 aromatic carbocycles. The van der Waals surface area contributed by atoms with Gasteiger partial charge in [0, 0.05) is 23.3 Å². The lowest BCUT2D eigenvalue weighted by Gasteiger charge is -2.15. The lowest BCUT2D eigenvalue weighted by molar-refractivity contribution is 0.0902. The highest BCUT2D eigenvalue weighted by Gasteiger charge is 2.21. The van der Waals surface area contributed by atoms with E-state index in [4.69, 9.17) is 18.9 Å². The third kappa shape index (κ3) is 6.11. The Kier molecular flexibility index (Phi) is 8.60. The van der Waals surface area contributed by atoms with Crippen molar-refractivity contribution in [2.75, 3.05) is 28.4 Å². The molecule has 0 aliphatic heterocycles. The maximum absolute atomic E-state index is 12.7. The van der Waals surface area contributed by atoms with Crippen LogP contribution in [0, 0.1) is 0 Å². The largest absolute Gasteiger partial charge is 0.497 e. The summed E-state index contributed by atoms with van der Waals surface area (Å²) >= 11 is 0. The first kappa shape index (κ1) is 26.5. The van der Waals surface area contributed by atoms with Gasteiger partial charge in [0.15, 0.2) is 5.69 Å². The number of nitrogens with one attached hydrogen (secondary N) is 5. The Labute approximate surface area is 213 Å². The highest BCUT2D eigenvalue weighted by Crippen LogP contribution is 2.29. The molecule has 3 rings (SSSR count). The van der Waals surface area contributed by atoms with E-state index < -0.39 is 11.8 Å². The zero-order valence-electron chi connectivity index (χ0n) is 20.9. The van der Waals surface area contributed by atoms with Crippen LogP contribution in [-0.2, 0) is 0 Å². The Morgan fingerprint density at radius 3 is 1.68 bits per heavy atom. The van der Waals surface area contributed by atoms with E-state index in [2.05, 4.69) is 44.8 Å². The monoisotopic (exact) mass is 508 g/mol. The molecule has 1 heterocycles. The summed E-state index contributed by atoms with van der Waals surface area (Å²) in [6.45, 7) is 7.82. The van der Waals surface area contributed by atoms with Crippen LogP contribution < -0.4 is 40.7 Å². The van der Waals surface area contributed by atoms with Gasteiger partial charge in [-0.3, -0.25) is 31.3 Å². The number of carbonyl (C=O) groups is 2. The van der Waals surface area contributed by atoms with Crippen LogP contribution >= 0.6 is 0 Å². The number of H-pyrrole nitrogens is 1. The molecule has 12 nitrogen and oxygen atoms in total. The van der Waals surface area contributed by atoms with Crippen LogP contribution in [0.5, 0.6) is 23.0 Å². The number of benzene rings is 2. The number of hydrogen-bond acceptors (Lipinski definition) is 9. The highest BCUT2D eigenvalue weighted by atomic mass is 16.5. The predicted octanol–water partition coefficient (Wildman–Crippen LogP) is 2.25. The summed E-state index contributed by atoms with van der Waals surface area (Å²) in [6, 6.07) is 10.3. The normalized spacial score (nSPS) is 10.1. The maximum atomic E-state index is 12.7. The van der Waals surface area contributed by atoms with E-state index in [0.717, 1.165) is 0 Å². The number of imidazole rings is 1. The minimum Gasteiger partial charge on any atom is -0.497 e. The Hall–Kier alpha value is -5.13. The molecule has 1 aromatic heterocycles. The van der Waals surface area contributed by atoms with Crippen LogP contribution in [0.25, 0.3) is 11.4 Å². The number of hydrazine groups is 2. The van der Waals surface area contributed by atoms with Gasteiger partial charge in [-0.25, -0.2) is 4.98 Å². The van der Waals surface area contributed by atoms with Crippen LogP contribution in [0.2, 0.25) is 0 Å². The van der Waals surface area contributed by atoms with Gasteiger partial charge in [0.05, 0.1) is 46.2 Å². The maximum Gasteiger partial charge on any atom is 0.290 e. The summed E-state index contributed by atoms with van der Waals surface area (Å²) in [5.41, 5.74) is 12.0. The molecular formula is C25H28N6O6. The molecule has 0 saturated carbocycles. The second-order valence-corrected chi connectivity index (χ2v) is 7.37. The molecule has 5 N–H and O–H groups in total. The number of hydrogen-bond donors (Lipinski definition) is 5. The van der Waals surface area contributed by atoms with Gasteiger partial charge in [-0.15, -0.1) is 0 Å². The quantitative estimate of drug-likeness (QED) is 0.232. The average Bonchev–Trinajstić information content (AvgIpc) is 3.43. The number of carbonyl (C=O) groups excluding carboxylic acids is 2. The zero-order chi connectivity index (χ0) is 26.9. The van der Waals surface area contributed by atoms with Gasteiger partial charge < -0.3 is 23.9 Å². The molecule has 0 aliphatic rings. The number of rotatable bonds is 12. The van der Waals surface area contributed by atoms with E-state index in [1.54, 1.807) is 50.6 Å². The van der Waals surface area contributed by atoms with Crippen LogP contribution in [0.3, 0.4) is 0 Å². The molecule has 12 heteroatoms. The highest BCUT2D eigenvalue weighted by molar-refractivity contribution is 6.04. The summed E-state index contributed by atoms with van der Waals surface area (Å²) in [7, 11) is 6.10. The van der Waals surface area contributed by atoms with E-state index in [1.807, 2.05) is 0 Å². The second kappa shape index (κ2) is 12.0. The summed E-state index contributed by atoms with van der Waals surface area (Å²) in [5, 5.41) is 0. The van der Waals surface area contributed by atoms with Crippen molar-refractivity contribution in [3.63, 3.8) is 0 Å². The Morgan fingerprint density at radius 2 is 1.22 bits per heavy atom. The van der Waals surface area contributed by atoms with Gasteiger partial charge in [-0.05, 0) is 24.3 Å². The van der Waals surface area contributed by atoms with E-state index in [0.29, 0.717) is 45.5 Å². The molecule has 194 valence electrons. The number of methoxy groups -OCH3 is 4. The van der Waals surface area contributed by atoms with Gasteiger partial charge in [-0.2, -0.15) is 0 Å². The van der Waals surface area contributed by atoms with Gasteiger partial charge >= 0.3 is 0 Å². The first-order valence-corrected chi connectivity index (χ1v) is 10.8.